The first kappa shape index (κ1) is 18.1. The van der Waals surface area contributed by atoms with Crippen molar-refractivity contribution < 1.29 is 14.3 Å². The Morgan fingerprint density at radius 1 is 1.35 bits per heavy atom. The molecule has 0 saturated heterocycles. The minimum Gasteiger partial charge on any atom is -0.466 e. The van der Waals surface area contributed by atoms with E-state index in [0.29, 0.717) is 5.56 Å². The summed E-state index contributed by atoms with van der Waals surface area (Å²) in [6.07, 6.45) is 3.73. The first-order valence-electron chi connectivity index (χ1n) is 8.79. The maximum absolute atomic E-state index is 12.9. The lowest BCUT2D eigenvalue weighted by molar-refractivity contribution is -0.134. The summed E-state index contributed by atoms with van der Waals surface area (Å²) in [7, 11) is 1.32. The molecule has 1 amide bonds. The van der Waals surface area contributed by atoms with E-state index in [1.54, 1.807) is 6.08 Å². The molecule has 26 heavy (non-hydrogen) atoms. The van der Waals surface area contributed by atoms with Crippen LogP contribution in [0.15, 0.2) is 36.4 Å². The van der Waals surface area contributed by atoms with Crippen LogP contribution in [0, 0.1) is 0 Å². The molecule has 1 aliphatic rings. The van der Waals surface area contributed by atoms with Crippen LogP contribution in [-0.4, -0.2) is 48.5 Å². The minimum atomic E-state index is -0.440. The Morgan fingerprint density at radius 3 is 2.92 bits per heavy atom. The van der Waals surface area contributed by atoms with Gasteiger partial charge in [-0.3, -0.25) is 14.7 Å². The SMILES string of the molecule is CCN1CCc2nc3ccccc3c(C(=O)NC/C=C/C(=O)OC)c2C1. The van der Waals surface area contributed by atoms with Crippen LogP contribution in [0.3, 0.4) is 0 Å². The van der Waals surface area contributed by atoms with Gasteiger partial charge in [0.05, 0.1) is 18.2 Å². The van der Waals surface area contributed by atoms with Crippen LogP contribution in [-0.2, 0) is 22.5 Å². The zero-order valence-corrected chi connectivity index (χ0v) is 15.1. The molecule has 1 aromatic carbocycles. The van der Waals surface area contributed by atoms with Crippen LogP contribution < -0.4 is 5.32 Å². The third-order valence-corrected chi connectivity index (χ3v) is 4.64. The predicted octanol–water partition coefficient (Wildman–Crippen LogP) is 2.07. The fourth-order valence-electron chi connectivity index (χ4n) is 3.24. The monoisotopic (exact) mass is 353 g/mol. The van der Waals surface area contributed by atoms with Crippen molar-refractivity contribution in [1.82, 2.24) is 15.2 Å². The molecule has 0 radical (unpaired) electrons. The number of methoxy groups -OCH3 is 1. The molecule has 1 N–H and O–H groups in total. The molecule has 0 aliphatic carbocycles. The average molecular weight is 353 g/mol. The van der Waals surface area contributed by atoms with Crippen molar-refractivity contribution in [2.75, 3.05) is 26.7 Å². The van der Waals surface area contributed by atoms with E-state index in [-0.39, 0.29) is 12.5 Å². The number of likely N-dealkylation sites (N-methyl/N-ethyl adjacent to an activating group) is 1. The molecule has 0 spiro atoms. The number of rotatable bonds is 5. The highest BCUT2D eigenvalue weighted by Gasteiger charge is 2.24. The highest BCUT2D eigenvalue weighted by molar-refractivity contribution is 6.07. The van der Waals surface area contributed by atoms with Gasteiger partial charge in [0.2, 0.25) is 0 Å². The van der Waals surface area contributed by atoms with Gasteiger partial charge < -0.3 is 10.1 Å². The molecule has 0 bridgehead atoms. The zero-order chi connectivity index (χ0) is 18.5. The highest BCUT2D eigenvalue weighted by atomic mass is 16.5. The van der Waals surface area contributed by atoms with Crippen LogP contribution in [0.25, 0.3) is 10.9 Å². The number of nitrogens with zero attached hydrogens (tertiary/aromatic N) is 2. The third-order valence-electron chi connectivity index (χ3n) is 4.64. The standard InChI is InChI=1S/C20H23N3O3/c1-3-23-12-10-17-15(13-23)19(14-7-4-5-8-16(14)22-17)20(25)21-11-6-9-18(24)26-2/h4-9H,3,10-13H2,1-2H3,(H,21,25)/b9-6+. The average Bonchev–Trinajstić information content (AvgIpc) is 2.68. The first-order valence-corrected chi connectivity index (χ1v) is 8.79. The molecule has 6 nitrogen and oxygen atoms in total. The minimum absolute atomic E-state index is 0.146. The first-order chi connectivity index (χ1) is 12.6. The third kappa shape index (κ3) is 3.75. The molecule has 0 saturated carbocycles. The predicted molar refractivity (Wildman–Crippen MR) is 99.9 cm³/mol. The Balaban J connectivity index is 1.93. The summed E-state index contributed by atoms with van der Waals surface area (Å²) < 4.78 is 4.55. The van der Waals surface area contributed by atoms with E-state index in [1.807, 2.05) is 24.3 Å². The fourth-order valence-corrected chi connectivity index (χ4v) is 3.24. The molecule has 1 aliphatic heterocycles. The van der Waals surface area contributed by atoms with Crippen molar-refractivity contribution >= 4 is 22.8 Å². The molecular weight excluding hydrogens is 330 g/mol. The number of aromatic nitrogens is 1. The number of fused-ring (bicyclic) bond motifs is 2. The number of nitrogens with one attached hydrogen (secondary N) is 1. The molecule has 6 heteroatoms. The van der Waals surface area contributed by atoms with Gasteiger partial charge in [-0.2, -0.15) is 0 Å². The Kier molecular flexibility index (Phi) is 5.63. The summed E-state index contributed by atoms with van der Waals surface area (Å²) in [6.45, 7) is 5.01. The van der Waals surface area contributed by atoms with Gasteiger partial charge in [0, 0.05) is 48.8 Å². The Labute approximate surface area is 152 Å². The van der Waals surface area contributed by atoms with Crippen LogP contribution >= 0.6 is 0 Å². The second-order valence-corrected chi connectivity index (χ2v) is 6.18. The van der Waals surface area contributed by atoms with Crippen molar-refractivity contribution in [3.05, 3.63) is 53.2 Å². The van der Waals surface area contributed by atoms with E-state index in [0.717, 1.165) is 48.2 Å². The molecule has 0 fully saturated rings. The molecule has 2 heterocycles. The quantitative estimate of drug-likeness (QED) is 0.658. The lowest BCUT2D eigenvalue weighted by Crippen LogP contribution is -2.34. The number of carbonyl (C=O) groups excluding carboxylic acids is 2. The van der Waals surface area contributed by atoms with Gasteiger partial charge in [0.1, 0.15) is 0 Å². The highest BCUT2D eigenvalue weighted by Crippen LogP contribution is 2.28. The summed E-state index contributed by atoms with van der Waals surface area (Å²) in [5, 5.41) is 3.73. The Hall–Kier alpha value is -2.73. The second kappa shape index (κ2) is 8.10. The number of benzene rings is 1. The van der Waals surface area contributed by atoms with Gasteiger partial charge in [0.15, 0.2) is 0 Å². The zero-order valence-electron chi connectivity index (χ0n) is 15.1. The molecule has 0 atom stereocenters. The lowest BCUT2D eigenvalue weighted by atomic mass is 9.95. The van der Waals surface area contributed by atoms with Gasteiger partial charge in [-0.25, -0.2) is 4.79 Å². The maximum atomic E-state index is 12.9. The number of hydrogen-bond donors (Lipinski definition) is 1. The Bertz CT molecular complexity index is 861. The largest absolute Gasteiger partial charge is 0.466 e. The van der Waals surface area contributed by atoms with E-state index in [1.165, 1.54) is 13.2 Å². The number of para-hydroxylation sites is 1. The topological polar surface area (TPSA) is 71.5 Å². The van der Waals surface area contributed by atoms with Gasteiger partial charge >= 0.3 is 5.97 Å². The molecule has 3 rings (SSSR count). The summed E-state index contributed by atoms with van der Waals surface area (Å²) >= 11 is 0. The lowest BCUT2D eigenvalue weighted by Gasteiger charge is -2.29. The normalized spacial score (nSPS) is 14.4. The van der Waals surface area contributed by atoms with E-state index in [2.05, 4.69) is 21.9 Å². The molecular formula is C20H23N3O3. The van der Waals surface area contributed by atoms with Crippen LogP contribution in [0.4, 0.5) is 0 Å². The van der Waals surface area contributed by atoms with Gasteiger partial charge in [0.25, 0.3) is 5.91 Å². The van der Waals surface area contributed by atoms with E-state index in [4.69, 9.17) is 4.98 Å². The molecule has 136 valence electrons. The van der Waals surface area contributed by atoms with Crippen molar-refractivity contribution in [2.24, 2.45) is 0 Å². The maximum Gasteiger partial charge on any atom is 0.330 e. The smallest absolute Gasteiger partial charge is 0.330 e. The van der Waals surface area contributed by atoms with Crippen molar-refractivity contribution in [3.63, 3.8) is 0 Å². The van der Waals surface area contributed by atoms with Crippen LogP contribution in [0.5, 0.6) is 0 Å². The number of ether oxygens (including phenoxy) is 1. The number of esters is 1. The van der Waals surface area contributed by atoms with Gasteiger partial charge in [-0.05, 0) is 12.6 Å². The number of amides is 1. The number of carbonyl (C=O) groups is 2. The van der Waals surface area contributed by atoms with E-state index < -0.39 is 5.97 Å². The van der Waals surface area contributed by atoms with Crippen LogP contribution in [0.1, 0.15) is 28.5 Å². The van der Waals surface area contributed by atoms with E-state index >= 15 is 0 Å². The molecule has 0 unspecified atom stereocenters. The second-order valence-electron chi connectivity index (χ2n) is 6.18. The number of pyridine rings is 1. The molecule has 2 aromatic rings. The van der Waals surface area contributed by atoms with Gasteiger partial charge in [-0.1, -0.05) is 31.2 Å². The summed E-state index contributed by atoms with van der Waals surface area (Å²) in [4.78, 5) is 31.1. The van der Waals surface area contributed by atoms with Crippen molar-refractivity contribution in [3.8, 4) is 0 Å². The summed E-state index contributed by atoms with van der Waals surface area (Å²) in [6, 6.07) is 7.73. The van der Waals surface area contributed by atoms with E-state index in [9.17, 15) is 9.59 Å². The van der Waals surface area contributed by atoms with Crippen molar-refractivity contribution in [1.29, 1.82) is 0 Å². The van der Waals surface area contributed by atoms with Gasteiger partial charge in [-0.15, -0.1) is 0 Å². The molecule has 1 aromatic heterocycles. The fraction of sp³-hybridized carbons (Fsp3) is 0.350. The van der Waals surface area contributed by atoms with Crippen LogP contribution in [0.2, 0.25) is 0 Å². The Morgan fingerprint density at radius 2 is 2.15 bits per heavy atom. The summed E-state index contributed by atoms with van der Waals surface area (Å²) in [5.74, 6) is -0.586. The van der Waals surface area contributed by atoms with Crippen molar-refractivity contribution in [2.45, 2.75) is 19.9 Å². The number of hydrogen-bond acceptors (Lipinski definition) is 5. The summed E-state index contributed by atoms with van der Waals surface area (Å²) in [5.41, 5.74) is 3.54.